The maximum Gasteiger partial charge on any atom is 0.282 e. The Hall–Kier alpha value is -3.65. The minimum absolute atomic E-state index is 0.167. The Morgan fingerprint density at radius 1 is 0.879 bits per heavy atom. The van der Waals surface area contributed by atoms with Crippen LogP contribution < -0.4 is 15.1 Å². The molecular formula is C25H29N5O3. The van der Waals surface area contributed by atoms with E-state index in [1.807, 2.05) is 43.1 Å². The summed E-state index contributed by atoms with van der Waals surface area (Å²) >= 11 is 0. The van der Waals surface area contributed by atoms with Crippen molar-refractivity contribution in [2.24, 2.45) is 0 Å². The molecule has 1 N–H and O–H groups in total. The van der Waals surface area contributed by atoms with Crippen molar-refractivity contribution < 1.29 is 14.4 Å². The summed E-state index contributed by atoms with van der Waals surface area (Å²) in [5, 5.41) is 2.73. The fourth-order valence-electron chi connectivity index (χ4n) is 4.16. The quantitative estimate of drug-likeness (QED) is 0.709. The zero-order valence-corrected chi connectivity index (χ0v) is 19.5. The highest BCUT2D eigenvalue weighted by Gasteiger charge is 2.42. The van der Waals surface area contributed by atoms with Crippen molar-refractivity contribution in [3.05, 3.63) is 59.8 Å². The lowest BCUT2D eigenvalue weighted by atomic mass is 10.0. The van der Waals surface area contributed by atoms with Crippen LogP contribution in [-0.2, 0) is 14.4 Å². The van der Waals surface area contributed by atoms with Gasteiger partial charge in [-0.2, -0.15) is 0 Å². The molecule has 0 atom stereocenters. The molecule has 0 radical (unpaired) electrons. The molecule has 0 aliphatic carbocycles. The van der Waals surface area contributed by atoms with Crippen molar-refractivity contribution in [1.29, 1.82) is 0 Å². The molecule has 0 unspecified atom stereocenters. The third-order valence-electron chi connectivity index (χ3n) is 6.00. The molecule has 8 heteroatoms. The van der Waals surface area contributed by atoms with Gasteiger partial charge in [-0.1, -0.05) is 12.1 Å². The number of nitrogens with one attached hydrogen (secondary N) is 1. The Morgan fingerprint density at radius 2 is 1.48 bits per heavy atom. The highest BCUT2D eigenvalue weighted by atomic mass is 16.2. The maximum absolute atomic E-state index is 13.6. The molecule has 0 bridgehead atoms. The Bertz CT molecular complexity index is 1100. The van der Waals surface area contributed by atoms with Crippen LogP contribution in [0.5, 0.6) is 0 Å². The third-order valence-corrected chi connectivity index (χ3v) is 6.00. The number of nitrogens with zero attached hydrogens (tertiary/aromatic N) is 4. The number of amides is 3. The third kappa shape index (κ3) is 4.47. The summed E-state index contributed by atoms with van der Waals surface area (Å²) < 4.78 is 0. The average molecular weight is 448 g/mol. The van der Waals surface area contributed by atoms with Crippen LogP contribution in [-0.4, -0.2) is 74.8 Å². The SMILES string of the molecule is CC(=O)Nc1ccc(C2=C(N3CCN(C)CC3)C(=O)N(c3ccc(N(C)C)cc3)C2=O)cc1. The lowest BCUT2D eigenvalue weighted by Crippen LogP contribution is -2.46. The van der Waals surface area contributed by atoms with Gasteiger partial charge in [0.2, 0.25) is 5.91 Å². The molecule has 4 rings (SSSR count). The minimum atomic E-state index is -0.334. The predicted octanol–water partition coefficient (Wildman–Crippen LogP) is 2.24. The molecule has 2 aliphatic heterocycles. The van der Waals surface area contributed by atoms with E-state index in [0.29, 0.717) is 41.3 Å². The first kappa shape index (κ1) is 22.5. The van der Waals surface area contributed by atoms with Gasteiger partial charge >= 0.3 is 0 Å². The van der Waals surface area contributed by atoms with Gasteiger partial charge in [0.1, 0.15) is 5.70 Å². The van der Waals surface area contributed by atoms with E-state index in [-0.39, 0.29) is 17.7 Å². The number of likely N-dealkylation sites (N-methyl/N-ethyl adjacent to an activating group) is 1. The summed E-state index contributed by atoms with van der Waals surface area (Å²) in [5.41, 5.74) is 3.67. The number of carbonyl (C=O) groups is 3. The predicted molar refractivity (Wildman–Crippen MR) is 130 cm³/mol. The van der Waals surface area contributed by atoms with Gasteiger partial charge in [-0.15, -0.1) is 0 Å². The van der Waals surface area contributed by atoms with Crippen LogP contribution in [0.2, 0.25) is 0 Å². The molecule has 1 saturated heterocycles. The summed E-state index contributed by atoms with van der Waals surface area (Å²) in [6, 6.07) is 14.4. The number of imide groups is 1. The van der Waals surface area contributed by atoms with Crippen LogP contribution in [0.1, 0.15) is 12.5 Å². The minimum Gasteiger partial charge on any atom is -0.378 e. The molecule has 1 fully saturated rings. The molecule has 33 heavy (non-hydrogen) atoms. The van der Waals surface area contributed by atoms with E-state index in [0.717, 1.165) is 18.8 Å². The molecule has 0 spiro atoms. The molecular weight excluding hydrogens is 418 g/mol. The zero-order chi connectivity index (χ0) is 23.7. The first-order valence-corrected chi connectivity index (χ1v) is 11.0. The summed E-state index contributed by atoms with van der Waals surface area (Å²) in [6.07, 6.45) is 0. The fraction of sp³-hybridized carbons (Fsp3) is 0.320. The average Bonchev–Trinajstić information content (AvgIpc) is 3.04. The van der Waals surface area contributed by atoms with Crippen molar-refractivity contribution in [2.75, 3.05) is 62.4 Å². The number of carbonyl (C=O) groups excluding carboxylic acids is 3. The van der Waals surface area contributed by atoms with Crippen LogP contribution in [0, 0.1) is 0 Å². The van der Waals surface area contributed by atoms with Gasteiger partial charge in [-0.05, 0) is 49.0 Å². The van der Waals surface area contributed by atoms with Gasteiger partial charge in [0.15, 0.2) is 0 Å². The molecule has 2 heterocycles. The standard InChI is InChI=1S/C25H29N5O3/c1-17(31)26-19-7-5-18(6-8-19)22-23(29-15-13-28(4)14-16-29)25(33)30(24(22)32)21-11-9-20(10-12-21)27(2)3/h5-12H,13-16H2,1-4H3,(H,26,31). The van der Waals surface area contributed by atoms with Crippen LogP contribution in [0.15, 0.2) is 54.2 Å². The second-order valence-electron chi connectivity index (χ2n) is 8.63. The van der Waals surface area contributed by atoms with Gasteiger partial charge in [0.05, 0.1) is 11.3 Å². The summed E-state index contributed by atoms with van der Waals surface area (Å²) in [7, 11) is 5.93. The Morgan fingerprint density at radius 3 is 2.03 bits per heavy atom. The first-order valence-electron chi connectivity index (χ1n) is 11.0. The fourth-order valence-corrected chi connectivity index (χ4v) is 4.16. The van der Waals surface area contributed by atoms with Crippen LogP contribution in [0.4, 0.5) is 17.1 Å². The lowest BCUT2D eigenvalue weighted by molar-refractivity contribution is -0.121. The zero-order valence-electron chi connectivity index (χ0n) is 19.5. The Kier molecular flexibility index (Phi) is 6.20. The molecule has 2 aliphatic rings. The van der Waals surface area contributed by atoms with Gasteiger partial charge < -0.3 is 20.0 Å². The monoisotopic (exact) mass is 447 g/mol. The molecule has 2 aromatic carbocycles. The van der Waals surface area contributed by atoms with Crippen LogP contribution in [0.3, 0.4) is 0 Å². The smallest absolute Gasteiger partial charge is 0.282 e. The van der Waals surface area contributed by atoms with Crippen molar-refractivity contribution in [2.45, 2.75) is 6.92 Å². The molecule has 3 amide bonds. The van der Waals surface area contributed by atoms with E-state index in [1.165, 1.54) is 11.8 Å². The highest BCUT2D eigenvalue weighted by molar-refractivity contribution is 6.45. The molecule has 2 aromatic rings. The number of piperazine rings is 1. The van der Waals surface area contributed by atoms with E-state index in [4.69, 9.17) is 0 Å². The van der Waals surface area contributed by atoms with E-state index >= 15 is 0 Å². The maximum atomic E-state index is 13.6. The normalized spacial score (nSPS) is 17.1. The van der Waals surface area contributed by atoms with Gasteiger partial charge in [-0.3, -0.25) is 14.4 Å². The van der Waals surface area contributed by atoms with Crippen molar-refractivity contribution in [3.8, 4) is 0 Å². The molecule has 0 saturated carbocycles. The van der Waals surface area contributed by atoms with E-state index in [2.05, 4.69) is 10.2 Å². The van der Waals surface area contributed by atoms with Crippen molar-refractivity contribution in [3.63, 3.8) is 0 Å². The number of benzene rings is 2. The molecule has 8 nitrogen and oxygen atoms in total. The van der Waals surface area contributed by atoms with Gasteiger partial charge in [0, 0.05) is 58.6 Å². The second-order valence-corrected chi connectivity index (χ2v) is 8.63. The Balaban J connectivity index is 1.74. The second kappa shape index (κ2) is 9.07. The van der Waals surface area contributed by atoms with E-state index < -0.39 is 0 Å². The van der Waals surface area contributed by atoms with Crippen molar-refractivity contribution in [1.82, 2.24) is 9.80 Å². The lowest BCUT2D eigenvalue weighted by Gasteiger charge is -2.34. The largest absolute Gasteiger partial charge is 0.378 e. The molecule has 0 aromatic heterocycles. The summed E-state index contributed by atoms with van der Waals surface area (Å²) in [5.74, 6) is -0.804. The number of hydrogen-bond acceptors (Lipinski definition) is 6. The van der Waals surface area contributed by atoms with Crippen LogP contribution >= 0.6 is 0 Å². The topological polar surface area (TPSA) is 76.2 Å². The van der Waals surface area contributed by atoms with Gasteiger partial charge in [0.25, 0.3) is 11.8 Å². The van der Waals surface area contributed by atoms with E-state index in [1.54, 1.807) is 36.4 Å². The summed E-state index contributed by atoms with van der Waals surface area (Å²) in [6.45, 7) is 4.42. The van der Waals surface area contributed by atoms with Crippen molar-refractivity contribution >= 4 is 40.4 Å². The van der Waals surface area contributed by atoms with Gasteiger partial charge in [-0.25, -0.2) is 4.90 Å². The molecule has 172 valence electrons. The summed E-state index contributed by atoms with van der Waals surface area (Å²) in [4.78, 5) is 46.1. The highest BCUT2D eigenvalue weighted by Crippen LogP contribution is 2.36. The number of hydrogen-bond donors (Lipinski definition) is 1. The first-order chi connectivity index (χ1) is 15.8. The number of rotatable bonds is 5. The van der Waals surface area contributed by atoms with E-state index in [9.17, 15) is 14.4 Å². The van der Waals surface area contributed by atoms with Crippen LogP contribution in [0.25, 0.3) is 5.57 Å². The Labute approximate surface area is 194 Å². The number of anilines is 3.